The van der Waals surface area contributed by atoms with Crippen molar-refractivity contribution in [3.05, 3.63) is 89.4 Å². The number of aromatic nitrogens is 2. The van der Waals surface area contributed by atoms with Crippen LogP contribution in [0.4, 0.5) is 10.2 Å². The van der Waals surface area contributed by atoms with E-state index >= 15 is 0 Å². The molecule has 3 rings (SSSR count). The summed E-state index contributed by atoms with van der Waals surface area (Å²) in [6, 6.07) is 20.1. The molecule has 0 bridgehead atoms. The number of carbonyl (C=O) groups is 1. The maximum absolute atomic E-state index is 13.7. The van der Waals surface area contributed by atoms with E-state index in [0.717, 1.165) is 0 Å². The van der Waals surface area contributed by atoms with Crippen molar-refractivity contribution in [2.75, 3.05) is 4.90 Å². The fraction of sp³-hybridized carbons (Fsp3) is 0.227. The third-order valence-electron chi connectivity index (χ3n) is 4.39. The van der Waals surface area contributed by atoms with Crippen LogP contribution in [0.15, 0.2) is 66.7 Å². The minimum Gasteiger partial charge on any atom is -0.348 e. The number of anilines is 1. The Hall–Kier alpha value is -3.28. The first-order valence-electron chi connectivity index (χ1n) is 9.20. The van der Waals surface area contributed by atoms with E-state index < -0.39 is 0 Å². The second kappa shape index (κ2) is 9.08. The third-order valence-corrected chi connectivity index (χ3v) is 4.39. The average Bonchev–Trinajstić information content (AvgIpc) is 2.72. The number of nitrogens with zero attached hydrogens (tertiary/aromatic N) is 3. The molecule has 6 heteroatoms. The number of halogens is 1. The van der Waals surface area contributed by atoms with Crippen LogP contribution in [0.5, 0.6) is 0 Å². The Morgan fingerprint density at radius 1 is 1.00 bits per heavy atom. The van der Waals surface area contributed by atoms with Gasteiger partial charge >= 0.3 is 0 Å². The summed E-state index contributed by atoms with van der Waals surface area (Å²) in [6.45, 7) is 4.96. The van der Waals surface area contributed by atoms with Gasteiger partial charge in [0.15, 0.2) is 11.5 Å². The van der Waals surface area contributed by atoms with Gasteiger partial charge in [-0.1, -0.05) is 48.5 Å². The van der Waals surface area contributed by atoms with Crippen LogP contribution >= 0.6 is 0 Å². The minimum atomic E-state index is -0.388. The maximum Gasteiger partial charge on any atom is 0.272 e. The summed E-state index contributed by atoms with van der Waals surface area (Å²) < 4.78 is 13.7. The SMILES string of the molecule is CC(C)N(Cc1ccccc1)c1ccc(C(=O)NCc2ccccc2F)nn1. The molecule has 1 aromatic heterocycles. The molecule has 0 saturated carbocycles. The van der Waals surface area contributed by atoms with Crippen molar-refractivity contribution in [1.82, 2.24) is 15.5 Å². The van der Waals surface area contributed by atoms with Gasteiger partial charge < -0.3 is 10.2 Å². The molecule has 1 amide bonds. The summed E-state index contributed by atoms with van der Waals surface area (Å²) in [5.74, 6) is -0.0383. The van der Waals surface area contributed by atoms with Gasteiger partial charge in [-0.15, -0.1) is 10.2 Å². The first kappa shape index (κ1) is 19.5. The first-order valence-corrected chi connectivity index (χ1v) is 9.20. The fourth-order valence-electron chi connectivity index (χ4n) is 2.82. The molecule has 3 aromatic rings. The number of carbonyl (C=O) groups excluding carboxylic acids is 1. The molecule has 5 nitrogen and oxygen atoms in total. The summed E-state index contributed by atoms with van der Waals surface area (Å²) in [4.78, 5) is 14.4. The molecule has 28 heavy (non-hydrogen) atoms. The number of hydrogen-bond donors (Lipinski definition) is 1. The highest BCUT2D eigenvalue weighted by Gasteiger charge is 2.15. The molecule has 0 atom stereocenters. The number of nitrogens with one attached hydrogen (secondary N) is 1. The predicted octanol–water partition coefficient (Wildman–Crippen LogP) is 3.96. The van der Waals surface area contributed by atoms with Gasteiger partial charge in [-0.3, -0.25) is 4.79 Å². The Balaban J connectivity index is 1.67. The fourth-order valence-corrected chi connectivity index (χ4v) is 2.82. The summed E-state index contributed by atoms with van der Waals surface area (Å²) in [5, 5.41) is 11.0. The largest absolute Gasteiger partial charge is 0.348 e. The Morgan fingerprint density at radius 2 is 1.71 bits per heavy atom. The lowest BCUT2D eigenvalue weighted by molar-refractivity contribution is 0.0944. The van der Waals surface area contributed by atoms with Crippen molar-refractivity contribution in [3.8, 4) is 0 Å². The number of amides is 1. The van der Waals surface area contributed by atoms with E-state index in [1.807, 2.05) is 18.2 Å². The summed E-state index contributed by atoms with van der Waals surface area (Å²) in [6.07, 6.45) is 0. The van der Waals surface area contributed by atoms with Gasteiger partial charge in [0.1, 0.15) is 5.82 Å². The standard InChI is InChI=1S/C22H23FN4O/c1-16(2)27(15-17-8-4-3-5-9-17)21-13-12-20(25-26-21)22(28)24-14-18-10-6-7-11-19(18)23/h3-13,16H,14-15H2,1-2H3,(H,24,28). The van der Waals surface area contributed by atoms with Crippen LogP contribution in [-0.2, 0) is 13.1 Å². The van der Waals surface area contributed by atoms with Gasteiger partial charge in [-0.2, -0.15) is 0 Å². The van der Waals surface area contributed by atoms with Gasteiger partial charge in [0.25, 0.3) is 5.91 Å². The Labute approximate surface area is 164 Å². The first-order chi connectivity index (χ1) is 13.5. The Morgan fingerprint density at radius 3 is 2.36 bits per heavy atom. The van der Waals surface area contributed by atoms with Crippen molar-refractivity contribution in [2.24, 2.45) is 0 Å². The molecule has 0 unspecified atom stereocenters. The average molecular weight is 378 g/mol. The normalized spacial score (nSPS) is 10.7. The van der Waals surface area contributed by atoms with E-state index in [1.165, 1.54) is 11.6 Å². The maximum atomic E-state index is 13.7. The van der Waals surface area contributed by atoms with Crippen molar-refractivity contribution < 1.29 is 9.18 Å². The van der Waals surface area contributed by atoms with Gasteiger partial charge in [-0.25, -0.2) is 4.39 Å². The molecule has 0 fully saturated rings. The van der Waals surface area contributed by atoms with Crippen LogP contribution in [0.25, 0.3) is 0 Å². The second-order valence-corrected chi connectivity index (χ2v) is 6.76. The predicted molar refractivity (Wildman–Crippen MR) is 107 cm³/mol. The molecule has 0 aliphatic heterocycles. The molecule has 1 heterocycles. The molecule has 0 aliphatic rings. The molecular formula is C22H23FN4O. The lowest BCUT2D eigenvalue weighted by Crippen LogP contribution is -2.31. The lowest BCUT2D eigenvalue weighted by Gasteiger charge is -2.27. The van der Waals surface area contributed by atoms with Gasteiger partial charge in [-0.05, 0) is 37.6 Å². The van der Waals surface area contributed by atoms with Crippen LogP contribution in [0.2, 0.25) is 0 Å². The second-order valence-electron chi connectivity index (χ2n) is 6.76. The highest BCUT2D eigenvalue weighted by Crippen LogP contribution is 2.17. The highest BCUT2D eigenvalue weighted by molar-refractivity contribution is 5.92. The summed E-state index contributed by atoms with van der Waals surface area (Å²) in [5.41, 5.74) is 1.79. The number of hydrogen-bond acceptors (Lipinski definition) is 4. The zero-order valence-electron chi connectivity index (χ0n) is 16.0. The van der Waals surface area contributed by atoms with Crippen LogP contribution in [0.3, 0.4) is 0 Å². The molecule has 1 N–H and O–H groups in total. The zero-order valence-corrected chi connectivity index (χ0v) is 16.0. The lowest BCUT2D eigenvalue weighted by atomic mass is 10.2. The Bertz CT molecular complexity index is 913. The molecule has 0 saturated heterocycles. The van der Waals surface area contributed by atoms with E-state index in [1.54, 1.807) is 30.3 Å². The smallest absolute Gasteiger partial charge is 0.272 e. The number of benzene rings is 2. The van der Waals surface area contributed by atoms with Crippen LogP contribution in [0.1, 0.15) is 35.5 Å². The molecule has 2 aromatic carbocycles. The zero-order chi connectivity index (χ0) is 19.9. The Kier molecular flexibility index (Phi) is 6.32. The van der Waals surface area contributed by atoms with Gasteiger partial charge in [0.2, 0.25) is 0 Å². The molecular weight excluding hydrogens is 355 g/mol. The van der Waals surface area contributed by atoms with Gasteiger partial charge in [0, 0.05) is 24.7 Å². The van der Waals surface area contributed by atoms with Crippen molar-refractivity contribution in [2.45, 2.75) is 33.0 Å². The topological polar surface area (TPSA) is 58.1 Å². The van der Waals surface area contributed by atoms with E-state index in [0.29, 0.717) is 17.9 Å². The van der Waals surface area contributed by atoms with Gasteiger partial charge in [0.05, 0.1) is 0 Å². The van der Waals surface area contributed by atoms with Crippen LogP contribution in [0, 0.1) is 5.82 Å². The molecule has 0 spiro atoms. The van der Waals surface area contributed by atoms with Crippen molar-refractivity contribution in [3.63, 3.8) is 0 Å². The molecule has 0 radical (unpaired) electrons. The highest BCUT2D eigenvalue weighted by atomic mass is 19.1. The monoisotopic (exact) mass is 378 g/mol. The molecule has 144 valence electrons. The number of rotatable bonds is 7. The van der Waals surface area contributed by atoms with E-state index in [4.69, 9.17) is 0 Å². The third kappa shape index (κ3) is 4.91. The molecule has 0 aliphatic carbocycles. The van der Waals surface area contributed by atoms with Crippen LogP contribution < -0.4 is 10.2 Å². The van der Waals surface area contributed by atoms with E-state index in [2.05, 4.69) is 46.4 Å². The van der Waals surface area contributed by atoms with Crippen LogP contribution in [-0.4, -0.2) is 22.1 Å². The quantitative estimate of drug-likeness (QED) is 0.676. The van der Waals surface area contributed by atoms with Crippen molar-refractivity contribution >= 4 is 11.7 Å². The summed E-state index contributed by atoms with van der Waals surface area (Å²) >= 11 is 0. The van der Waals surface area contributed by atoms with E-state index in [9.17, 15) is 9.18 Å². The van der Waals surface area contributed by atoms with Crippen molar-refractivity contribution in [1.29, 1.82) is 0 Å². The summed E-state index contributed by atoms with van der Waals surface area (Å²) in [7, 11) is 0. The minimum absolute atomic E-state index is 0.0983. The van der Waals surface area contributed by atoms with E-state index in [-0.39, 0.29) is 30.0 Å².